The summed E-state index contributed by atoms with van der Waals surface area (Å²) in [7, 11) is 1.62. The third kappa shape index (κ3) is 2.53. The van der Waals surface area contributed by atoms with E-state index in [4.69, 9.17) is 16.3 Å². The number of anilines is 1. The summed E-state index contributed by atoms with van der Waals surface area (Å²) in [5.74, 6) is 2.21. The highest BCUT2D eigenvalue weighted by molar-refractivity contribution is 6.18. The minimum atomic E-state index is 0.312. The number of alkyl halides is 1. The van der Waals surface area contributed by atoms with Gasteiger partial charge < -0.3 is 10.1 Å². The fourth-order valence-corrected chi connectivity index (χ4v) is 1.80. The van der Waals surface area contributed by atoms with Crippen molar-refractivity contribution < 1.29 is 4.74 Å². The lowest BCUT2D eigenvalue weighted by Crippen LogP contribution is -2.17. The van der Waals surface area contributed by atoms with Crippen LogP contribution in [0.15, 0.2) is 18.2 Å². The number of hydrogen-bond donors (Lipinski definition) is 1. The van der Waals surface area contributed by atoms with Crippen LogP contribution in [0.3, 0.4) is 0 Å². The summed E-state index contributed by atoms with van der Waals surface area (Å²) in [5.41, 5.74) is 0.312. The molecule has 1 aliphatic rings. The van der Waals surface area contributed by atoms with E-state index in [1.807, 2.05) is 18.2 Å². The fourth-order valence-electron chi connectivity index (χ4n) is 1.44. The molecule has 1 aromatic rings. The Morgan fingerprint density at radius 2 is 2.33 bits per heavy atom. The van der Waals surface area contributed by atoms with Gasteiger partial charge in [0.15, 0.2) is 0 Å². The maximum Gasteiger partial charge on any atom is 0.214 e. The molecule has 15 heavy (non-hydrogen) atoms. The largest absolute Gasteiger partial charge is 0.481 e. The second-order valence-corrected chi connectivity index (χ2v) is 4.32. The van der Waals surface area contributed by atoms with Crippen LogP contribution in [0.4, 0.5) is 5.82 Å². The Balaban J connectivity index is 1.93. The van der Waals surface area contributed by atoms with Crippen LogP contribution in [0.1, 0.15) is 12.8 Å². The van der Waals surface area contributed by atoms with Gasteiger partial charge in [0.1, 0.15) is 5.82 Å². The first-order chi connectivity index (χ1) is 7.28. The van der Waals surface area contributed by atoms with Gasteiger partial charge in [-0.05, 0) is 18.9 Å². The Bertz CT molecular complexity index is 339. The van der Waals surface area contributed by atoms with Crippen LogP contribution in [0.2, 0.25) is 0 Å². The highest BCUT2D eigenvalue weighted by Crippen LogP contribution is 2.46. The van der Waals surface area contributed by atoms with E-state index in [1.54, 1.807) is 7.11 Å². The smallest absolute Gasteiger partial charge is 0.214 e. The third-order valence-electron chi connectivity index (χ3n) is 2.82. The SMILES string of the molecule is COc1cccc(NCC2(CCl)CC2)n1. The summed E-state index contributed by atoms with van der Waals surface area (Å²) >= 11 is 5.90. The van der Waals surface area contributed by atoms with Crippen molar-refractivity contribution in [2.75, 3.05) is 24.9 Å². The van der Waals surface area contributed by atoms with Crippen molar-refractivity contribution in [3.63, 3.8) is 0 Å². The summed E-state index contributed by atoms with van der Waals surface area (Å²) in [6.07, 6.45) is 2.43. The number of aromatic nitrogens is 1. The van der Waals surface area contributed by atoms with Crippen molar-refractivity contribution in [2.45, 2.75) is 12.8 Å². The molecule has 0 aromatic carbocycles. The average Bonchev–Trinajstić information content (AvgIpc) is 3.07. The third-order valence-corrected chi connectivity index (χ3v) is 3.38. The van der Waals surface area contributed by atoms with E-state index in [0.717, 1.165) is 18.2 Å². The molecule has 0 bridgehead atoms. The molecule has 1 heterocycles. The Labute approximate surface area is 94.8 Å². The van der Waals surface area contributed by atoms with Gasteiger partial charge in [-0.3, -0.25) is 0 Å². The normalized spacial score (nSPS) is 17.2. The molecule has 0 radical (unpaired) electrons. The molecule has 4 heteroatoms. The number of nitrogens with one attached hydrogen (secondary N) is 1. The number of methoxy groups -OCH3 is 1. The molecule has 0 atom stereocenters. The second kappa shape index (κ2) is 4.27. The quantitative estimate of drug-likeness (QED) is 0.784. The zero-order valence-electron chi connectivity index (χ0n) is 8.79. The maximum atomic E-state index is 5.90. The van der Waals surface area contributed by atoms with Gasteiger partial charge in [0.25, 0.3) is 0 Å². The summed E-state index contributed by atoms with van der Waals surface area (Å²) in [5, 5.41) is 3.30. The number of nitrogens with zero attached hydrogens (tertiary/aromatic N) is 1. The van der Waals surface area contributed by atoms with Crippen LogP contribution in [0.25, 0.3) is 0 Å². The first kappa shape index (κ1) is 10.6. The monoisotopic (exact) mass is 226 g/mol. The van der Waals surface area contributed by atoms with Gasteiger partial charge in [-0.2, -0.15) is 4.98 Å². The Hall–Kier alpha value is -0.960. The molecule has 1 aromatic heterocycles. The van der Waals surface area contributed by atoms with Gasteiger partial charge in [0.05, 0.1) is 7.11 Å². The fraction of sp³-hybridized carbons (Fsp3) is 0.545. The highest BCUT2D eigenvalue weighted by atomic mass is 35.5. The highest BCUT2D eigenvalue weighted by Gasteiger charge is 2.41. The topological polar surface area (TPSA) is 34.1 Å². The summed E-state index contributed by atoms with van der Waals surface area (Å²) in [6, 6.07) is 5.70. The van der Waals surface area contributed by atoms with Crippen LogP contribution >= 0.6 is 11.6 Å². The van der Waals surface area contributed by atoms with Gasteiger partial charge in [0, 0.05) is 23.9 Å². The van der Waals surface area contributed by atoms with Crippen molar-refractivity contribution in [3.8, 4) is 5.88 Å². The molecule has 0 unspecified atom stereocenters. The number of halogens is 1. The van der Waals surface area contributed by atoms with E-state index in [0.29, 0.717) is 11.3 Å². The molecule has 0 spiro atoms. The van der Waals surface area contributed by atoms with Gasteiger partial charge in [0.2, 0.25) is 5.88 Å². The minimum absolute atomic E-state index is 0.312. The summed E-state index contributed by atoms with van der Waals surface area (Å²) in [4.78, 5) is 4.28. The molecular weight excluding hydrogens is 212 g/mol. The van der Waals surface area contributed by atoms with Gasteiger partial charge in [-0.25, -0.2) is 0 Å². The minimum Gasteiger partial charge on any atom is -0.481 e. The van der Waals surface area contributed by atoms with Crippen molar-refractivity contribution in [3.05, 3.63) is 18.2 Å². The predicted octanol–water partition coefficient (Wildman–Crippen LogP) is 2.52. The standard InChI is InChI=1S/C11H15ClN2O/c1-15-10-4-2-3-9(14-10)13-8-11(7-12)5-6-11/h2-4H,5-8H2,1H3,(H,13,14). The number of pyridine rings is 1. The van der Waals surface area contributed by atoms with Gasteiger partial charge in [-0.15, -0.1) is 11.6 Å². The van der Waals surface area contributed by atoms with Crippen LogP contribution in [0.5, 0.6) is 5.88 Å². The Morgan fingerprint density at radius 3 is 2.93 bits per heavy atom. The first-order valence-corrected chi connectivity index (χ1v) is 5.62. The van der Waals surface area contributed by atoms with Gasteiger partial charge >= 0.3 is 0 Å². The van der Waals surface area contributed by atoms with Crippen LogP contribution in [-0.4, -0.2) is 24.5 Å². The first-order valence-electron chi connectivity index (χ1n) is 5.09. The summed E-state index contributed by atoms with van der Waals surface area (Å²) < 4.78 is 5.05. The van der Waals surface area contributed by atoms with Gasteiger partial charge in [-0.1, -0.05) is 6.07 Å². The molecule has 1 N–H and O–H groups in total. The van der Waals surface area contributed by atoms with E-state index in [-0.39, 0.29) is 0 Å². The molecular formula is C11H15ClN2O. The summed E-state index contributed by atoms with van der Waals surface area (Å²) in [6.45, 7) is 0.899. The van der Waals surface area contributed by atoms with E-state index in [1.165, 1.54) is 12.8 Å². The lowest BCUT2D eigenvalue weighted by molar-refractivity contribution is 0.398. The lowest BCUT2D eigenvalue weighted by Gasteiger charge is -2.13. The van der Waals surface area contributed by atoms with Crippen LogP contribution in [0, 0.1) is 5.41 Å². The number of hydrogen-bond acceptors (Lipinski definition) is 3. The van der Waals surface area contributed by atoms with Crippen LogP contribution < -0.4 is 10.1 Å². The average molecular weight is 227 g/mol. The number of rotatable bonds is 5. The maximum absolute atomic E-state index is 5.90. The van der Waals surface area contributed by atoms with E-state index >= 15 is 0 Å². The zero-order valence-corrected chi connectivity index (χ0v) is 9.55. The van der Waals surface area contributed by atoms with E-state index in [2.05, 4.69) is 10.3 Å². The lowest BCUT2D eigenvalue weighted by atomic mass is 10.1. The van der Waals surface area contributed by atoms with Crippen molar-refractivity contribution in [2.24, 2.45) is 5.41 Å². The Kier molecular flexibility index (Phi) is 3.00. The van der Waals surface area contributed by atoms with Crippen molar-refractivity contribution in [1.82, 2.24) is 4.98 Å². The van der Waals surface area contributed by atoms with Crippen LogP contribution in [-0.2, 0) is 0 Å². The number of ether oxygens (including phenoxy) is 1. The van der Waals surface area contributed by atoms with Crippen molar-refractivity contribution in [1.29, 1.82) is 0 Å². The second-order valence-electron chi connectivity index (χ2n) is 4.05. The molecule has 82 valence electrons. The molecule has 3 nitrogen and oxygen atoms in total. The molecule has 0 amide bonds. The van der Waals surface area contributed by atoms with E-state index < -0.39 is 0 Å². The van der Waals surface area contributed by atoms with E-state index in [9.17, 15) is 0 Å². The van der Waals surface area contributed by atoms with Crippen molar-refractivity contribution >= 4 is 17.4 Å². The predicted molar refractivity (Wildman–Crippen MR) is 61.7 cm³/mol. The molecule has 1 fully saturated rings. The zero-order chi connectivity index (χ0) is 10.7. The molecule has 2 rings (SSSR count). The molecule has 1 saturated carbocycles. The Morgan fingerprint density at radius 1 is 1.53 bits per heavy atom. The molecule has 0 aliphatic heterocycles. The molecule has 0 saturated heterocycles. The molecule has 1 aliphatic carbocycles.